The summed E-state index contributed by atoms with van der Waals surface area (Å²) in [5, 5.41) is 10.8. The largest absolute Gasteiger partial charge is 0.376 e. The number of nitro benzene ring substituents is 1. The first-order valence-corrected chi connectivity index (χ1v) is 7.04. The van der Waals surface area contributed by atoms with Crippen LogP contribution in [0, 0.1) is 10.1 Å². The predicted octanol–water partition coefficient (Wildman–Crippen LogP) is 2.14. The molecule has 0 amide bonds. The minimum atomic E-state index is -1.39. The lowest BCUT2D eigenvalue weighted by atomic mass is 10.0. The monoisotopic (exact) mass is 267 g/mol. The van der Waals surface area contributed by atoms with E-state index in [2.05, 4.69) is 0 Å². The molecule has 0 radical (unpaired) electrons. The zero-order valence-electron chi connectivity index (χ0n) is 9.92. The van der Waals surface area contributed by atoms with E-state index in [9.17, 15) is 14.3 Å². The van der Waals surface area contributed by atoms with E-state index in [0.717, 1.165) is 17.6 Å². The fourth-order valence-corrected chi connectivity index (χ4v) is 2.58. The Labute approximate surface area is 107 Å². The van der Waals surface area contributed by atoms with Crippen LogP contribution in [0.4, 0.5) is 5.69 Å². The Balaban J connectivity index is 2.46. The summed E-state index contributed by atoms with van der Waals surface area (Å²) in [4.78, 5) is 10.6. The Morgan fingerprint density at radius 3 is 2.78 bits per heavy atom. The third-order valence-electron chi connectivity index (χ3n) is 2.75. The predicted molar refractivity (Wildman–Crippen MR) is 68.8 cm³/mol. The van der Waals surface area contributed by atoms with Crippen LogP contribution in [-0.4, -0.2) is 28.6 Å². The summed E-state index contributed by atoms with van der Waals surface area (Å²) < 4.78 is 16.9. The molecule has 0 bridgehead atoms. The summed E-state index contributed by atoms with van der Waals surface area (Å²) >= 11 is 0. The third-order valence-corrected chi connectivity index (χ3v) is 3.69. The summed E-state index contributed by atoms with van der Waals surface area (Å²) in [6.07, 6.45) is 4.32. The van der Waals surface area contributed by atoms with Gasteiger partial charge in [0.05, 0.1) is 28.9 Å². The van der Waals surface area contributed by atoms with Gasteiger partial charge < -0.3 is 4.74 Å². The summed E-state index contributed by atoms with van der Waals surface area (Å²) in [7, 11) is -1.39. The third kappa shape index (κ3) is 2.65. The van der Waals surface area contributed by atoms with Crippen LogP contribution in [0.15, 0.2) is 29.2 Å². The molecule has 0 saturated heterocycles. The number of benzene rings is 1. The van der Waals surface area contributed by atoms with Crippen LogP contribution in [0.1, 0.15) is 12.0 Å². The van der Waals surface area contributed by atoms with Gasteiger partial charge in [0.15, 0.2) is 0 Å². The van der Waals surface area contributed by atoms with Crippen LogP contribution in [0.25, 0.3) is 5.57 Å². The Morgan fingerprint density at radius 2 is 2.22 bits per heavy atom. The first-order valence-electron chi connectivity index (χ1n) is 5.48. The molecular formula is C12H13NO4S. The summed E-state index contributed by atoms with van der Waals surface area (Å²) in [6.45, 7) is 1.19. The Kier molecular flexibility index (Phi) is 3.88. The van der Waals surface area contributed by atoms with Gasteiger partial charge >= 0.3 is 0 Å². The van der Waals surface area contributed by atoms with E-state index in [0.29, 0.717) is 13.2 Å². The lowest BCUT2D eigenvalue weighted by Crippen LogP contribution is -2.06. The Bertz CT molecular complexity index is 539. The number of hydrogen-bond donors (Lipinski definition) is 0. The lowest BCUT2D eigenvalue weighted by molar-refractivity contribution is -0.387. The topological polar surface area (TPSA) is 69.4 Å². The number of ether oxygens (including phenoxy) is 1. The molecule has 1 aliphatic rings. The second kappa shape index (κ2) is 5.41. The van der Waals surface area contributed by atoms with Gasteiger partial charge in [-0.1, -0.05) is 6.08 Å². The van der Waals surface area contributed by atoms with E-state index in [1.165, 1.54) is 12.3 Å². The van der Waals surface area contributed by atoms with Gasteiger partial charge in [0, 0.05) is 12.3 Å². The molecule has 0 aromatic heterocycles. The number of hydrogen-bond acceptors (Lipinski definition) is 4. The van der Waals surface area contributed by atoms with Crippen LogP contribution in [0.2, 0.25) is 0 Å². The summed E-state index contributed by atoms with van der Waals surface area (Å²) in [6, 6.07) is 4.70. The lowest BCUT2D eigenvalue weighted by Gasteiger charge is -2.14. The van der Waals surface area contributed by atoms with Gasteiger partial charge in [-0.2, -0.15) is 0 Å². The summed E-state index contributed by atoms with van der Waals surface area (Å²) in [5.74, 6) is 0. The highest BCUT2D eigenvalue weighted by atomic mass is 32.2. The van der Waals surface area contributed by atoms with Crippen molar-refractivity contribution in [2.45, 2.75) is 11.3 Å². The first-order chi connectivity index (χ1) is 8.59. The fourth-order valence-electron chi connectivity index (χ4n) is 1.85. The highest BCUT2D eigenvalue weighted by Crippen LogP contribution is 2.27. The quantitative estimate of drug-likeness (QED) is 0.621. The molecule has 0 saturated carbocycles. The molecule has 1 atom stereocenters. The number of rotatable bonds is 3. The molecule has 18 heavy (non-hydrogen) atoms. The second-order valence-corrected chi connectivity index (χ2v) is 5.31. The van der Waals surface area contributed by atoms with E-state index in [-0.39, 0.29) is 10.6 Å². The molecule has 1 aliphatic heterocycles. The highest BCUT2D eigenvalue weighted by Gasteiger charge is 2.18. The maximum absolute atomic E-state index is 11.6. The van der Waals surface area contributed by atoms with Gasteiger partial charge in [0.25, 0.3) is 5.69 Å². The van der Waals surface area contributed by atoms with Crippen molar-refractivity contribution in [3.05, 3.63) is 40.0 Å². The van der Waals surface area contributed by atoms with E-state index in [4.69, 9.17) is 4.74 Å². The SMILES string of the molecule is CS(=O)c1cc(C2=CCCOC2)ccc1[N+](=O)[O-]. The van der Waals surface area contributed by atoms with Gasteiger partial charge in [0.1, 0.15) is 4.90 Å². The molecule has 5 nitrogen and oxygen atoms in total. The molecule has 96 valence electrons. The maximum Gasteiger partial charge on any atom is 0.285 e. The minimum Gasteiger partial charge on any atom is -0.376 e. The average molecular weight is 267 g/mol. The smallest absolute Gasteiger partial charge is 0.285 e. The van der Waals surface area contributed by atoms with Crippen LogP contribution < -0.4 is 0 Å². The number of nitro groups is 1. The minimum absolute atomic E-state index is 0.100. The molecule has 1 aromatic rings. The van der Waals surface area contributed by atoms with Crippen molar-refractivity contribution >= 4 is 22.1 Å². The van der Waals surface area contributed by atoms with Crippen LogP contribution in [0.5, 0.6) is 0 Å². The van der Waals surface area contributed by atoms with E-state index >= 15 is 0 Å². The molecule has 2 rings (SSSR count). The Hall–Kier alpha value is -1.53. The molecular weight excluding hydrogens is 254 g/mol. The van der Waals surface area contributed by atoms with Crippen molar-refractivity contribution in [1.29, 1.82) is 0 Å². The standard InChI is InChI=1S/C12H13NO4S/c1-18(16)12-7-9(4-5-11(12)13(14)15)10-3-2-6-17-8-10/h3-5,7H,2,6,8H2,1H3. The second-order valence-electron chi connectivity index (χ2n) is 3.96. The van der Waals surface area contributed by atoms with Crippen molar-refractivity contribution in [3.8, 4) is 0 Å². The molecule has 1 aromatic carbocycles. The maximum atomic E-state index is 11.6. The Morgan fingerprint density at radius 1 is 1.44 bits per heavy atom. The molecule has 0 aliphatic carbocycles. The van der Waals surface area contributed by atoms with Gasteiger partial charge in [-0.25, -0.2) is 0 Å². The fraction of sp³-hybridized carbons (Fsp3) is 0.333. The van der Waals surface area contributed by atoms with Gasteiger partial charge in [0.2, 0.25) is 0 Å². The van der Waals surface area contributed by atoms with Crippen LogP contribution in [-0.2, 0) is 15.5 Å². The first kappa shape index (κ1) is 12.9. The van der Waals surface area contributed by atoms with Gasteiger partial charge in [-0.3, -0.25) is 14.3 Å². The van der Waals surface area contributed by atoms with Crippen LogP contribution in [0.3, 0.4) is 0 Å². The molecule has 1 heterocycles. The van der Waals surface area contributed by atoms with Crippen LogP contribution >= 0.6 is 0 Å². The normalized spacial score (nSPS) is 17.1. The van der Waals surface area contributed by atoms with E-state index < -0.39 is 15.7 Å². The van der Waals surface area contributed by atoms with Crippen molar-refractivity contribution in [1.82, 2.24) is 0 Å². The zero-order valence-corrected chi connectivity index (χ0v) is 10.7. The van der Waals surface area contributed by atoms with Crippen molar-refractivity contribution in [2.24, 2.45) is 0 Å². The molecule has 6 heteroatoms. The van der Waals surface area contributed by atoms with Crippen molar-refractivity contribution < 1.29 is 13.9 Å². The zero-order chi connectivity index (χ0) is 13.1. The van der Waals surface area contributed by atoms with Crippen molar-refractivity contribution in [3.63, 3.8) is 0 Å². The molecule has 0 fully saturated rings. The van der Waals surface area contributed by atoms with E-state index in [1.807, 2.05) is 6.08 Å². The van der Waals surface area contributed by atoms with Crippen molar-refractivity contribution in [2.75, 3.05) is 19.5 Å². The molecule has 0 N–H and O–H groups in total. The van der Waals surface area contributed by atoms with Gasteiger partial charge in [-0.15, -0.1) is 0 Å². The number of nitrogens with zero attached hydrogens (tertiary/aromatic N) is 1. The average Bonchev–Trinajstić information content (AvgIpc) is 2.39. The summed E-state index contributed by atoms with van der Waals surface area (Å²) in [5.41, 5.74) is 1.73. The molecule has 1 unspecified atom stereocenters. The highest BCUT2D eigenvalue weighted by molar-refractivity contribution is 7.84. The molecule has 0 spiro atoms. The van der Waals surface area contributed by atoms with Gasteiger partial charge in [-0.05, 0) is 29.7 Å². The van der Waals surface area contributed by atoms with E-state index in [1.54, 1.807) is 12.1 Å².